The highest BCUT2D eigenvalue weighted by Crippen LogP contribution is 2.27. The lowest BCUT2D eigenvalue weighted by molar-refractivity contribution is 0.104. The minimum atomic E-state index is -1.22. The van der Waals surface area contributed by atoms with Crippen molar-refractivity contribution in [3.05, 3.63) is 48.3 Å². The van der Waals surface area contributed by atoms with Crippen LogP contribution in [0.4, 0.5) is 10.6 Å². The maximum absolute atomic E-state index is 12.2. The number of nitrogens with zero attached hydrogens (tertiary/aromatic N) is 3. The normalized spacial score (nSPS) is 10.5. The van der Waals surface area contributed by atoms with Crippen LogP contribution in [0, 0.1) is 0 Å². The Morgan fingerprint density at radius 3 is 2.60 bits per heavy atom. The Labute approximate surface area is 144 Å². The summed E-state index contributed by atoms with van der Waals surface area (Å²) in [6, 6.07) is 7.98. The molecular weight excluding hydrogens is 324 g/mol. The summed E-state index contributed by atoms with van der Waals surface area (Å²) in [7, 11) is 5.09. The first-order valence-corrected chi connectivity index (χ1v) is 7.32. The Kier molecular flexibility index (Phi) is 5.67. The molecule has 0 aliphatic rings. The average Bonchev–Trinajstić information content (AvgIpc) is 2.58. The molecule has 0 atom stereocenters. The van der Waals surface area contributed by atoms with Crippen molar-refractivity contribution in [2.45, 2.75) is 0 Å². The number of pyridine rings is 2. The van der Waals surface area contributed by atoms with Crippen LogP contribution in [0.3, 0.4) is 0 Å². The Morgan fingerprint density at radius 2 is 1.96 bits per heavy atom. The van der Waals surface area contributed by atoms with Gasteiger partial charge in [0.1, 0.15) is 23.0 Å². The molecule has 0 unspecified atom stereocenters. The Bertz CT molecular complexity index is 818. The van der Waals surface area contributed by atoms with E-state index in [1.807, 2.05) is 14.1 Å². The van der Waals surface area contributed by atoms with Crippen molar-refractivity contribution in [2.24, 2.45) is 0 Å². The second-order valence-electron chi connectivity index (χ2n) is 5.23. The van der Waals surface area contributed by atoms with Crippen LogP contribution >= 0.6 is 0 Å². The fourth-order valence-corrected chi connectivity index (χ4v) is 1.98. The lowest BCUT2D eigenvalue weighted by Gasteiger charge is -2.10. The number of methoxy groups -OCH3 is 1. The molecule has 0 aliphatic heterocycles. The molecule has 1 amide bonds. The van der Waals surface area contributed by atoms with Crippen LogP contribution in [0.15, 0.2) is 42.6 Å². The van der Waals surface area contributed by atoms with Gasteiger partial charge in [0, 0.05) is 26.4 Å². The van der Waals surface area contributed by atoms with E-state index >= 15 is 0 Å². The van der Waals surface area contributed by atoms with E-state index in [2.05, 4.69) is 15.3 Å². The number of ketones is 1. The molecular formula is C17H18N4O4. The van der Waals surface area contributed by atoms with Gasteiger partial charge in [0.25, 0.3) is 0 Å². The first-order chi connectivity index (χ1) is 11.9. The lowest BCUT2D eigenvalue weighted by atomic mass is 10.1. The van der Waals surface area contributed by atoms with Gasteiger partial charge in [-0.1, -0.05) is 6.07 Å². The summed E-state index contributed by atoms with van der Waals surface area (Å²) in [6.07, 6.45) is 1.82. The van der Waals surface area contributed by atoms with Gasteiger partial charge in [-0.25, -0.2) is 14.8 Å². The van der Waals surface area contributed by atoms with Crippen LogP contribution in [0.25, 0.3) is 11.4 Å². The first kappa shape index (κ1) is 17.9. The van der Waals surface area contributed by atoms with E-state index < -0.39 is 6.09 Å². The molecule has 0 aliphatic carbocycles. The van der Waals surface area contributed by atoms with E-state index in [0.717, 1.165) is 0 Å². The molecule has 2 heterocycles. The van der Waals surface area contributed by atoms with Crippen molar-refractivity contribution < 1.29 is 19.4 Å². The molecule has 0 saturated carbocycles. The van der Waals surface area contributed by atoms with Crippen LogP contribution < -0.4 is 10.1 Å². The van der Waals surface area contributed by atoms with Crippen LogP contribution in [-0.4, -0.2) is 53.1 Å². The predicted molar refractivity (Wildman–Crippen MR) is 92.8 cm³/mol. The molecule has 8 nitrogen and oxygen atoms in total. The fourth-order valence-electron chi connectivity index (χ4n) is 1.98. The van der Waals surface area contributed by atoms with Crippen molar-refractivity contribution in [1.29, 1.82) is 0 Å². The molecule has 8 heteroatoms. The molecule has 0 aromatic carbocycles. The average molecular weight is 342 g/mol. The minimum absolute atomic E-state index is 0.151. The largest absolute Gasteiger partial charge is 0.494 e. The summed E-state index contributed by atoms with van der Waals surface area (Å²) in [4.78, 5) is 33.2. The Morgan fingerprint density at radius 1 is 1.20 bits per heavy atom. The number of rotatable bonds is 6. The highest BCUT2D eigenvalue weighted by molar-refractivity contribution is 6.03. The quantitative estimate of drug-likeness (QED) is 0.614. The zero-order valence-corrected chi connectivity index (χ0v) is 14.1. The second-order valence-corrected chi connectivity index (χ2v) is 5.23. The van der Waals surface area contributed by atoms with Crippen LogP contribution in [0.5, 0.6) is 5.75 Å². The maximum Gasteiger partial charge on any atom is 0.410 e. The molecule has 0 spiro atoms. The second kappa shape index (κ2) is 7.91. The zero-order valence-electron chi connectivity index (χ0n) is 14.1. The number of amides is 1. The van der Waals surface area contributed by atoms with E-state index in [4.69, 9.17) is 9.84 Å². The van der Waals surface area contributed by atoms with Gasteiger partial charge in [0.15, 0.2) is 0 Å². The van der Waals surface area contributed by atoms with Crippen molar-refractivity contribution in [3.8, 4) is 17.1 Å². The van der Waals surface area contributed by atoms with Crippen LogP contribution in [0.1, 0.15) is 10.5 Å². The summed E-state index contributed by atoms with van der Waals surface area (Å²) in [5, 5.41) is 11.0. The third kappa shape index (κ3) is 4.77. The number of carbonyl (C=O) groups excluding carboxylic acids is 1. The highest BCUT2D eigenvalue weighted by atomic mass is 16.5. The van der Waals surface area contributed by atoms with Gasteiger partial charge in [0.2, 0.25) is 5.78 Å². The number of aromatic nitrogens is 2. The zero-order chi connectivity index (χ0) is 18.4. The summed E-state index contributed by atoms with van der Waals surface area (Å²) in [5.74, 6) is 0.309. The Balaban J connectivity index is 2.44. The Hall–Kier alpha value is -3.42. The number of ether oxygens (including phenoxy) is 1. The summed E-state index contributed by atoms with van der Waals surface area (Å²) in [6.45, 7) is 0. The number of hydrogen-bond donors (Lipinski definition) is 2. The van der Waals surface area contributed by atoms with Crippen molar-refractivity contribution in [2.75, 3.05) is 26.5 Å². The SMILES string of the molecule is COc1ccc(C(=O)C=CN(C)C)nc1-c1cccc(NC(=O)O)n1. The molecule has 2 aromatic heterocycles. The van der Waals surface area contributed by atoms with Crippen molar-refractivity contribution in [3.63, 3.8) is 0 Å². The number of hydrogen-bond acceptors (Lipinski definition) is 6. The topological polar surface area (TPSA) is 105 Å². The van der Waals surface area contributed by atoms with Gasteiger partial charge in [-0.05, 0) is 24.3 Å². The van der Waals surface area contributed by atoms with E-state index in [-0.39, 0.29) is 17.3 Å². The van der Waals surface area contributed by atoms with Gasteiger partial charge < -0.3 is 14.7 Å². The molecule has 2 aromatic rings. The monoisotopic (exact) mass is 342 g/mol. The van der Waals surface area contributed by atoms with Gasteiger partial charge in [-0.3, -0.25) is 10.1 Å². The van der Waals surface area contributed by atoms with Gasteiger partial charge >= 0.3 is 6.09 Å². The minimum Gasteiger partial charge on any atom is -0.494 e. The molecule has 25 heavy (non-hydrogen) atoms. The highest BCUT2D eigenvalue weighted by Gasteiger charge is 2.14. The van der Waals surface area contributed by atoms with E-state index in [1.165, 1.54) is 19.3 Å². The number of allylic oxidation sites excluding steroid dienone is 1. The molecule has 0 fully saturated rings. The third-order valence-corrected chi connectivity index (χ3v) is 3.08. The number of anilines is 1. The molecule has 0 radical (unpaired) electrons. The van der Waals surface area contributed by atoms with E-state index in [0.29, 0.717) is 17.1 Å². The van der Waals surface area contributed by atoms with Gasteiger partial charge in [-0.2, -0.15) is 0 Å². The van der Waals surface area contributed by atoms with E-state index in [1.54, 1.807) is 35.4 Å². The van der Waals surface area contributed by atoms with Crippen molar-refractivity contribution >= 4 is 17.7 Å². The number of nitrogens with one attached hydrogen (secondary N) is 1. The predicted octanol–water partition coefficient (Wildman–Crippen LogP) is 2.50. The third-order valence-electron chi connectivity index (χ3n) is 3.08. The number of carboxylic acid groups (broad SMARTS) is 1. The van der Waals surface area contributed by atoms with E-state index in [9.17, 15) is 9.59 Å². The summed E-state index contributed by atoms with van der Waals surface area (Å²) in [5.41, 5.74) is 0.960. The summed E-state index contributed by atoms with van der Waals surface area (Å²) < 4.78 is 5.28. The fraction of sp³-hybridized carbons (Fsp3) is 0.176. The smallest absolute Gasteiger partial charge is 0.410 e. The lowest BCUT2D eigenvalue weighted by Crippen LogP contribution is -2.09. The molecule has 130 valence electrons. The maximum atomic E-state index is 12.2. The van der Waals surface area contributed by atoms with Gasteiger partial charge in [-0.15, -0.1) is 0 Å². The van der Waals surface area contributed by atoms with Crippen LogP contribution in [-0.2, 0) is 0 Å². The molecule has 2 rings (SSSR count). The molecule has 2 N–H and O–H groups in total. The van der Waals surface area contributed by atoms with Gasteiger partial charge in [0.05, 0.1) is 12.8 Å². The van der Waals surface area contributed by atoms with Crippen LogP contribution in [0.2, 0.25) is 0 Å². The first-order valence-electron chi connectivity index (χ1n) is 7.32. The molecule has 0 saturated heterocycles. The number of carbonyl (C=O) groups is 2. The summed E-state index contributed by atoms with van der Waals surface area (Å²) >= 11 is 0. The van der Waals surface area contributed by atoms with Crippen molar-refractivity contribution in [1.82, 2.24) is 14.9 Å². The standard InChI is InChI=1S/C17H18N4O4/c1-21(2)10-9-13(22)11-7-8-14(25-3)16(19-11)12-5-4-6-15(18-12)20-17(23)24/h4-10H,1-3H3,(H,18,20)(H,23,24). The molecule has 0 bridgehead atoms.